The Morgan fingerprint density at radius 2 is 1.96 bits per heavy atom. The predicted molar refractivity (Wildman–Crippen MR) is 91.3 cm³/mol. The highest BCUT2D eigenvalue weighted by Gasteiger charge is 2.77. The zero-order valence-corrected chi connectivity index (χ0v) is 14.8. The minimum absolute atomic E-state index is 0.0488. The van der Waals surface area contributed by atoms with Crippen LogP contribution in [0.25, 0.3) is 0 Å². The molecule has 0 spiro atoms. The molecule has 2 aliphatic heterocycles. The first kappa shape index (κ1) is 16.1. The van der Waals surface area contributed by atoms with Gasteiger partial charge in [0.2, 0.25) is 0 Å². The summed E-state index contributed by atoms with van der Waals surface area (Å²) < 4.78 is 0. The number of nitrogens with zero attached hydrogens (tertiary/aromatic N) is 3. The Kier molecular flexibility index (Phi) is 3.41. The van der Waals surface area contributed by atoms with Crippen molar-refractivity contribution in [2.45, 2.75) is 45.2 Å². The van der Waals surface area contributed by atoms with Gasteiger partial charge in [-0.1, -0.05) is 49.8 Å². The molecular weight excluding hydrogens is 314 g/mol. The number of hydrogen-bond acceptors (Lipinski definition) is 6. The van der Waals surface area contributed by atoms with Gasteiger partial charge in [-0.05, 0) is 25.7 Å². The molecule has 2 aliphatic rings. The molecule has 0 aliphatic carbocycles. The normalized spacial score (nSPS) is 26.8. The maximum Gasteiger partial charge on any atom is 0.280 e. The Bertz CT molecular complexity index is 702. The number of thioether (sulfide) groups is 1. The van der Waals surface area contributed by atoms with E-state index in [0.29, 0.717) is 11.4 Å². The minimum atomic E-state index is -0.607. The van der Waals surface area contributed by atoms with Crippen LogP contribution in [-0.4, -0.2) is 32.0 Å². The van der Waals surface area contributed by atoms with E-state index in [1.54, 1.807) is 30.0 Å². The minimum Gasteiger partial charge on any atom is -0.353 e. The molecule has 124 valence electrons. The molecule has 1 fully saturated rings. The fourth-order valence-electron chi connectivity index (χ4n) is 3.42. The third-order valence-corrected chi connectivity index (χ3v) is 6.77. The summed E-state index contributed by atoms with van der Waals surface area (Å²) in [7, 11) is 0. The lowest BCUT2D eigenvalue weighted by atomic mass is 9.62. The molecule has 3 rings (SSSR count). The zero-order valence-electron chi connectivity index (χ0n) is 14.0. The standard InChI is InChI=1S/C16H21N3O3S/c1-6-23-16-14(2,3)15(4,5)18(16)13(17-22-16)11-9-7-8-10-12(11)19(20)21/h7-10H,6H2,1-5H3. The second kappa shape index (κ2) is 4.87. The van der Waals surface area contributed by atoms with Gasteiger partial charge in [0.15, 0.2) is 5.84 Å². The molecule has 1 aromatic rings. The van der Waals surface area contributed by atoms with Crippen LogP contribution in [0.2, 0.25) is 0 Å². The van der Waals surface area contributed by atoms with Gasteiger partial charge in [-0.15, -0.1) is 0 Å². The maximum atomic E-state index is 11.4. The van der Waals surface area contributed by atoms with Crippen LogP contribution in [0.1, 0.15) is 40.2 Å². The molecular formula is C16H21N3O3S. The molecule has 1 saturated heterocycles. The summed E-state index contributed by atoms with van der Waals surface area (Å²) in [6, 6.07) is 6.68. The highest BCUT2D eigenvalue weighted by Crippen LogP contribution is 2.67. The average molecular weight is 335 g/mol. The second-order valence-corrected chi connectivity index (χ2v) is 8.23. The molecule has 0 saturated carbocycles. The lowest BCUT2D eigenvalue weighted by molar-refractivity contribution is -0.385. The van der Waals surface area contributed by atoms with E-state index >= 15 is 0 Å². The van der Waals surface area contributed by atoms with E-state index in [9.17, 15) is 10.1 Å². The summed E-state index contributed by atoms with van der Waals surface area (Å²) >= 11 is 1.68. The smallest absolute Gasteiger partial charge is 0.280 e. The van der Waals surface area contributed by atoms with Gasteiger partial charge in [0.25, 0.3) is 10.7 Å². The third-order valence-electron chi connectivity index (χ3n) is 5.32. The van der Waals surface area contributed by atoms with Crippen LogP contribution in [0, 0.1) is 15.5 Å². The van der Waals surface area contributed by atoms with E-state index in [1.807, 2.05) is 0 Å². The fraction of sp³-hybridized carbons (Fsp3) is 0.562. The van der Waals surface area contributed by atoms with Crippen LogP contribution in [-0.2, 0) is 4.84 Å². The van der Waals surface area contributed by atoms with E-state index in [0.717, 1.165) is 5.75 Å². The Balaban J connectivity index is 2.10. The number of para-hydroxylation sites is 1. The summed E-state index contributed by atoms with van der Waals surface area (Å²) in [4.78, 5) is 19.0. The van der Waals surface area contributed by atoms with Crippen molar-refractivity contribution in [1.82, 2.24) is 4.90 Å². The monoisotopic (exact) mass is 335 g/mol. The summed E-state index contributed by atoms with van der Waals surface area (Å²) in [6.45, 7) is 10.6. The number of nitro groups is 1. The van der Waals surface area contributed by atoms with Crippen LogP contribution >= 0.6 is 11.8 Å². The highest BCUT2D eigenvalue weighted by atomic mass is 32.2. The van der Waals surface area contributed by atoms with Gasteiger partial charge in [-0.3, -0.25) is 15.0 Å². The summed E-state index contributed by atoms with van der Waals surface area (Å²) in [6.07, 6.45) is 0. The number of fused-ring (bicyclic) bond motifs is 1. The zero-order chi connectivity index (χ0) is 17.0. The molecule has 0 radical (unpaired) electrons. The van der Waals surface area contributed by atoms with Gasteiger partial charge in [0.05, 0.1) is 21.4 Å². The summed E-state index contributed by atoms with van der Waals surface area (Å²) in [5.41, 5.74) is 0.163. The largest absolute Gasteiger partial charge is 0.353 e. The van der Waals surface area contributed by atoms with Crippen LogP contribution < -0.4 is 0 Å². The maximum absolute atomic E-state index is 11.4. The number of benzene rings is 1. The molecule has 1 aromatic carbocycles. The molecule has 1 atom stereocenters. The molecule has 0 bridgehead atoms. The topological polar surface area (TPSA) is 68.0 Å². The number of hydrogen-bond donors (Lipinski definition) is 0. The van der Waals surface area contributed by atoms with Crippen LogP contribution in [0.15, 0.2) is 29.4 Å². The fourth-order valence-corrected chi connectivity index (χ4v) is 4.96. The molecule has 1 unspecified atom stereocenters. The van der Waals surface area contributed by atoms with Gasteiger partial charge >= 0.3 is 0 Å². The Labute approximate surface area is 140 Å². The van der Waals surface area contributed by atoms with E-state index in [2.05, 4.69) is 44.7 Å². The van der Waals surface area contributed by atoms with Gasteiger partial charge in [-0.25, -0.2) is 0 Å². The predicted octanol–water partition coefficient (Wildman–Crippen LogP) is 3.81. The molecule has 7 heteroatoms. The first-order valence-electron chi connectivity index (χ1n) is 7.65. The molecule has 0 amide bonds. The molecule has 2 heterocycles. The molecule has 0 N–H and O–H groups in total. The van der Waals surface area contributed by atoms with Crippen molar-refractivity contribution >= 4 is 23.3 Å². The Morgan fingerprint density at radius 1 is 1.30 bits per heavy atom. The molecule has 23 heavy (non-hydrogen) atoms. The SMILES string of the molecule is CCSC12ON=C(c3ccccc3[N+](=O)[O-])N1C(C)(C)C2(C)C. The van der Waals surface area contributed by atoms with Gasteiger partial charge in [-0.2, -0.15) is 0 Å². The third kappa shape index (κ3) is 1.80. The summed E-state index contributed by atoms with van der Waals surface area (Å²) in [5.74, 6) is 1.41. The quantitative estimate of drug-likeness (QED) is 0.618. The van der Waals surface area contributed by atoms with E-state index in [4.69, 9.17) is 4.84 Å². The van der Waals surface area contributed by atoms with Crippen molar-refractivity contribution in [3.63, 3.8) is 0 Å². The summed E-state index contributed by atoms with van der Waals surface area (Å²) in [5, 5.41) is 15.0. The van der Waals surface area contributed by atoms with E-state index < -0.39 is 5.06 Å². The first-order valence-corrected chi connectivity index (χ1v) is 8.63. The van der Waals surface area contributed by atoms with Crippen molar-refractivity contribution < 1.29 is 9.76 Å². The number of rotatable bonds is 4. The lowest BCUT2D eigenvalue weighted by Crippen LogP contribution is -2.81. The van der Waals surface area contributed by atoms with Crippen LogP contribution in [0.3, 0.4) is 0 Å². The Hall–Kier alpha value is -1.76. The van der Waals surface area contributed by atoms with Gasteiger partial charge in [0, 0.05) is 6.07 Å². The van der Waals surface area contributed by atoms with E-state index in [1.165, 1.54) is 6.07 Å². The van der Waals surface area contributed by atoms with Crippen LogP contribution in [0.5, 0.6) is 0 Å². The van der Waals surface area contributed by atoms with Crippen molar-refractivity contribution in [1.29, 1.82) is 0 Å². The Morgan fingerprint density at radius 3 is 2.57 bits per heavy atom. The van der Waals surface area contributed by atoms with Crippen molar-refractivity contribution in [3.05, 3.63) is 39.9 Å². The second-order valence-electron chi connectivity index (χ2n) is 6.81. The van der Waals surface area contributed by atoms with Crippen molar-refractivity contribution in [2.24, 2.45) is 10.6 Å². The molecule has 0 aromatic heterocycles. The number of oxime groups is 1. The van der Waals surface area contributed by atoms with Crippen molar-refractivity contribution in [3.8, 4) is 0 Å². The average Bonchev–Trinajstić information content (AvgIpc) is 2.87. The van der Waals surface area contributed by atoms with Gasteiger partial charge < -0.3 is 4.84 Å². The van der Waals surface area contributed by atoms with Crippen molar-refractivity contribution in [2.75, 3.05) is 5.75 Å². The van der Waals surface area contributed by atoms with E-state index in [-0.39, 0.29) is 21.6 Å². The van der Waals surface area contributed by atoms with Crippen LogP contribution in [0.4, 0.5) is 5.69 Å². The highest BCUT2D eigenvalue weighted by molar-refractivity contribution is 8.00. The number of amidine groups is 1. The molecule has 6 nitrogen and oxygen atoms in total. The number of nitro benzene ring substituents is 1. The lowest BCUT2D eigenvalue weighted by Gasteiger charge is -2.69. The van der Waals surface area contributed by atoms with Gasteiger partial charge in [0.1, 0.15) is 0 Å². The first-order chi connectivity index (χ1) is 10.7.